The van der Waals surface area contributed by atoms with Crippen molar-refractivity contribution in [2.75, 3.05) is 6.61 Å². The zero-order valence-electron chi connectivity index (χ0n) is 3.59. The standard InChI is InChI=1S/C3H5IO3/c1-2-3-7-4(5)6/h2H,1,3H2. The normalized spacial score (nSPS) is 9.57. The Balaban J connectivity index is 2.81. The van der Waals surface area contributed by atoms with Crippen LogP contribution in [0.4, 0.5) is 0 Å². The Kier molecular flexibility index (Phi) is 4.73. The molecule has 0 aromatic carbocycles. The van der Waals surface area contributed by atoms with Gasteiger partial charge in [-0.25, -0.2) is 0 Å². The van der Waals surface area contributed by atoms with E-state index in [0.29, 0.717) is 0 Å². The molecule has 7 heavy (non-hydrogen) atoms. The second kappa shape index (κ2) is 4.51. The Bertz CT molecular complexity index is 54.1. The SMILES string of the molecule is C=CCO[I+2]([O-])[O-]. The summed E-state index contributed by atoms with van der Waals surface area (Å²) in [5, 5.41) is 0. The van der Waals surface area contributed by atoms with Crippen molar-refractivity contribution < 1.29 is 31.0 Å². The van der Waals surface area contributed by atoms with Gasteiger partial charge in [0.2, 0.25) is 0 Å². The van der Waals surface area contributed by atoms with E-state index in [2.05, 4.69) is 9.65 Å². The van der Waals surface area contributed by atoms with Gasteiger partial charge in [0.05, 0.1) is 0 Å². The fourth-order valence-electron chi connectivity index (χ4n) is 0.0960. The minimum absolute atomic E-state index is 0.109. The third kappa shape index (κ3) is 6.35. The summed E-state index contributed by atoms with van der Waals surface area (Å²) in [4.78, 5) is 0. The zero-order chi connectivity index (χ0) is 5.70. The Morgan fingerprint density at radius 1 is 1.71 bits per heavy atom. The molecule has 4 heteroatoms. The van der Waals surface area contributed by atoms with E-state index in [1.165, 1.54) is 6.08 Å². The molecule has 0 spiro atoms. The van der Waals surface area contributed by atoms with Crippen LogP contribution in [0.1, 0.15) is 0 Å². The average Bonchev–Trinajstić information content (AvgIpc) is 1.61. The molecule has 0 aromatic rings. The number of rotatable bonds is 3. The van der Waals surface area contributed by atoms with Crippen LogP contribution in [0.2, 0.25) is 0 Å². The van der Waals surface area contributed by atoms with E-state index in [0.717, 1.165) is 0 Å². The molecule has 0 saturated carbocycles. The van der Waals surface area contributed by atoms with Gasteiger partial charge in [0, 0.05) is 0 Å². The Hall–Kier alpha value is 0.350. The van der Waals surface area contributed by atoms with Gasteiger partial charge in [-0.1, -0.05) is 6.08 Å². The van der Waals surface area contributed by atoms with E-state index in [4.69, 9.17) is 0 Å². The highest BCUT2D eigenvalue weighted by Crippen LogP contribution is 1.53. The van der Waals surface area contributed by atoms with Crippen LogP contribution in [0.25, 0.3) is 0 Å². The Labute approximate surface area is 50.6 Å². The zero-order valence-corrected chi connectivity index (χ0v) is 5.75. The molecular weight excluding hydrogens is 211 g/mol. The first-order chi connectivity index (χ1) is 3.27. The highest BCUT2D eigenvalue weighted by molar-refractivity contribution is 4.61. The quantitative estimate of drug-likeness (QED) is 0.351. The summed E-state index contributed by atoms with van der Waals surface area (Å²) in [6.07, 6.45) is 1.39. The van der Waals surface area contributed by atoms with Crippen molar-refractivity contribution in [3.05, 3.63) is 12.7 Å². The Morgan fingerprint density at radius 3 is 2.43 bits per heavy atom. The van der Waals surface area contributed by atoms with Crippen LogP contribution in [0, 0.1) is 0 Å². The number of hydrogen-bond donors (Lipinski definition) is 0. The second-order valence-electron chi connectivity index (χ2n) is 0.753. The van der Waals surface area contributed by atoms with Crippen molar-refractivity contribution in [1.82, 2.24) is 0 Å². The molecule has 42 valence electrons. The average molecular weight is 216 g/mol. The van der Waals surface area contributed by atoms with E-state index >= 15 is 0 Å². The monoisotopic (exact) mass is 216 g/mol. The first-order valence-electron chi connectivity index (χ1n) is 1.57. The Morgan fingerprint density at radius 2 is 2.29 bits per heavy atom. The minimum Gasteiger partial charge on any atom is -0.396 e. The molecule has 0 aliphatic rings. The lowest BCUT2D eigenvalue weighted by Gasteiger charge is -1.83. The maximum Gasteiger partial charge on any atom is 0.507 e. The summed E-state index contributed by atoms with van der Waals surface area (Å²) < 4.78 is 23.4. The van der Waals surface area contributed by atoms with E-state index in [1.807, 2.05) is 0 Å². The van der Waals surface area contributed by atoms with Gasteiger partial charge in [-0.2, -0.15) is 0 Å². The lowest BCUT2D eigenvalue weighted by atomic mass is 10.7. The summed E-state index contributed by atoms with van der Waals surface area (Å²) in [6.45, 7) is 3.36. The maximum absolute atomic E-state index is 9.62. The molecule has 3 nitrogen and oxygen atoms in total. The van der Waals surface area contributed by atoms with Gasteiger partial charge in [0.15, 0.2) is 6.61 Å². The molecule has 0 aliphatic carbocycles. The van der Waals surface area contributed by atoms with E-state index in [1.54, 1.807) is 0 Å². The molecule has 0 heterocycles. The molecule has 0 aromatic heterocycles. The largest absolute Gasteiger partial charge is 0.507 e. The molecule has 0 unspecified atom stereocenters. The van der Waals surface area contributed by atoms with Gasteiger partial charge in [0.1, 0.15) is 0 Å². The molecule has 0 saturated heterocycles. The second-order valence-corrected chi connectivity index (χ2v) is 2.45. The van der Waals surface area contributed by atoms with Crippen molar-refractivity contribution in [2.24, 2.45) is 0 Å². The fourth-order valence-corrected chi connectivity index (χ4v) is 0.644. The smallest absolute Gasteiger partial charge is 0.396 e. The summed E-state index contributed by atoms with van der Waals surface area (Å²) in [5.41, 5.74) is 0. The lowest BCUT2D eigenvalue weighted by molar-refractivity contribution is -1.63. The molecule has 0 rings (SSSR count). The molecule has 0 fully saturated rings. The first kappa shape index (κ1) is 7.35. The van der Waals surface area contributed by atoms with E-state index in [-0.39, 0.29) is 6.61 Å². The van der Waals surface area contributed by atoms with Crippen LogP contribution >= 0.6 is 0 Å². The van der Waals surface area contributed by atoms with Gasteiger partial charge < -0.3 is 6.87 Å². The summed E-state index contributed by atoms with van der Waals surface area (Å²) >= 11 is -3.40. The van der Waals surface area contributed by atoms with Crippen LogP contribution in [0.3, 0.4) is 0 Å². The predicted octanol–water partition coefficient (Wildman–Crippen LogP) is -4.72. The lowest BCUT2D eigenvalue weighted by Crippen LogP contribution is -3.99. The van der Waals surface area contributed by atoms with Gasteiger partial charge in [0.25, 0.3) is 0 Å². The molecule has 0 atom stereocenters. The summed E-state index contributed by atoms with van der Waals surface area (Å²) in [5.74, 6) is 0. The van der Waals surface area contributed by atoms with Crippen LogP contribution < -0.4 is 27.9 Å². The first-order valence-corrected chi connectivity index (χ1v) is 4.21. The van der Waals surface area contributed by atoms with Crippen molar-refractivity contribution >= 4 is 0 Å². The predicted molar refractivity (Wildman–Crippen MR) is 16.1 cm³/mol. The van der Waals surface area contributed by atoms with Crippen molar-refractivity contribution in [3.63, 3.8) is 0 Å². The maximum atomic E-state index is 9.62. The van der Waals surface area contributed by atoms with Gasteiger partial charge >= 0.3 is 21.1 Å². The molecular formula is C3H5IO3. The molecule has 0 N–H and O–H groups in total. The molecule has 0 bridgehead atoms. The third-order valence-corrected chi connectivity index (χ3v) is 1.14. The van der Waals surface area contributed by atoms with Gasteiger partial charge in [-0.3, -0.25) is 0 Å². The fraction of sp³-hybridized carbons (Fsp3) is 0.333. The number of halogens is 1. The van der Waals surface area contributed by atoms with Crippen LogP contribution in [-0.2, 0) is 3.07 Å². The topological polar surface area (TPSA) is 55.3 Å². The highest BCUT2D eigenvalue weighted by Gasteiger charge is 2.06. The molecule has 0 aliphatic heterocycles. The minimum atomic E-state index is -3.40. The highest BCUT2D eigenvalue weighted by atomic mass is 127. The summed E-state index contributed by atoms with van der Waals surface area (Å²) in [6, 6.07) is 0. The van der Waals surface area contributed by atoms with Crippen molar-refractivity contribution in [3.8, 4) is 0 Å². The van der Waals surface area contributed by atoms with Crippen LogP contribution in [-0.4, -0.2) is 6.61 Å². The molecule has 0 amide bonds. The van der Waals surface area contributed by atoms with Crippen molar-refractivity contribution in [2.45, 2.75) is 0 Å². The van der Waals surface area contributed by atoms with Gasteiger partial charge in [-0.05, 0) is 3.07 Å². The summed E-state index contributed by atoms with van der Waals surface area (Å²) in [7, 11) is 0. The van der Waals surface area contributed by atoms with E-state index in [9.17, 15) is 6.87 Å². The van der Waals surface area contributed by atoms with Crippen LogP contribution in [0.5, 0.6) is 0 Å². The van der Waals surface area contributed by atoms with E-state index < -0.39 is 21.1 Å². The number of hydrogen-bond acceptors (Lipinski definition) is 3. The molecule has 0 radical (unpaired) electrons. The van der Waals surface area contributed by atoms with Crippen LogP contribution in [0.15, 0.2) is 12.7 Å². The third-order valence-electron chi connectivity index (χ3n) is 0.270. The van der Waals surface area contributed by atoms with Gasteiger partial charge in [-0.15, -0.1) is 6.58 Å². The van der Waals surface area contributed by atoms with Crippen molar-refractivity contribution in [1.29, 1.82) is 0 Å².